The van der Waals surface area contributed by atoms with Crippen molar-refractivity contribution in [2.75, 3.05) is 11.9 Å². The standard InChI is InChI=1S/C20H20ClN3O2S/c1-3-26-14-10-8-13(9-11-14)18-17(12(2)22-20(27)24-18)19(25)23-16-7-5-4-6-15(16)21/h4-11,18H,3H2,1-2H3,(H,23,25)(H2,22,24,27)/t18-/m1/s1. The predicted molar refractivity (Wildman–Crippen MR) is 112 cm³/mol. The van der Waals surface area contributed by atoms with Gasteiger partial charge in [0.1, 0.15) is 5.75 Å². The number of carbonyl (C=O) groups excluding carboxylic acids is 1. The van der Waals surface area contributed by atoms with E-state index in [9.17, 15) is 4.79 Å². The van der Waals surface area contributed by atoms with Gasteiger partial charge >= 0.3 is 0 Å². The second-order valence-electron chi connectivity index (χ2n) is 6.01. The lowest BCUT2D eigenvalue weighted by Gasteiger charge is -2.30. The molecule has 0 radical (unpaired) electrons. The average Bonchev–Trinajstić information content (AvgIpc) is 2.64. The maximum absolute atomic E-state index is 13.0. The molecule has 0 aliphatic carbocycles. The third-order valence-corrected chi connectivity index (χ3v) is 4.71. The van der Waals surface area contributed by atoms with Gasteiger partial charge in [-0.15, -0.1) is 0 Å². The van der Waals surface area contributed by atoms with Crippen LogP contribution in [0.4, 0.5) is 5.69 Å². The zero-order chi connectivity index (χ0) is 19.4. The molecule has 0 spiro atoms. The Labute approximate surface area is 168 Å². The summed E-state index contributed by atoms with van der Waals surface area (Å²) in [5.41, 5.74) is 2.71. The van der Waals surface area contributed by atoms with Crippen LogP contribution in [-0.2, 0) is 4.79 Å². The van der Waals surface area contributed by atoms with Crippen LogP contribution in [0, 0.1) is 0 Å². The van der Waals surface area contributed by atoms with E-state index < -0.39 is 0 Å². The highest BCUT2D eigenvalue weighted by atomic mass is 35.5. The number of thiocarbonyl (C=S) groups is 1. The fourth-order valence-electron chi connectivity index (χ4n) is 2.92. The molecule has 1 aliphatic rings. The quantitative estimate of drug-likeness (QED) is 0.656. The van der Waals surface area contributed by atoms with Crippen molar-refractivity contribution in [1.29, 1.82) is 0 Å². The van der Waals surface area contributed by atoms with E-state index in [2.05, 4.69) is 16.0 Å². The maximum atomic E-state index is 13.0. The number of allylic oxidation sites excluding steroid dienone is 1. The number of carbonyl (C=O) groups is 1. The molecule has 5 nitrogen and oxygen atoms in total. The second-order valence-corrected chi connectivity index (χ2v) is 6.82. The van der Waals surface area contributed by atoms with Crippen molar-refractivity contribution in [2.24, 2.45) is 0 Å². The molecule has 0 fully saturated rings. The molecule has 3 N–H and O–H groups in total. The van der Waals surface area contributed by atoms with Gasteiger partial charge < -0.3 is 20.7 Å². The summed E-state index contributed by atoms with van der Waals surface area (Å²) in [7, 11) is 0. The van der Waals surface area contributed by atoms with Gasteiger partial charge in [-0.05, 0) is 55.9 Å². The second kappa shape index (κ2) is 8.41. The van der Waals surface area contributed by atoms with Crippen LogP contribution in [0.2, 0.25) is 5.02 Å². The van der Waals surface area contributed by atoms with E-state index in [1.54, 1.807) is 12.1 Å². The van der Waals surface area contributed by atoms with Crippen LogP contribution in [0.25, 0.3) is 0 Å². The number of hydrogen-bond donors (Lipinski definition) is 3. The van der Waals surface area contributed by atoms with Gasteiger partial charge in [-0.3, -0.25) is 4.79 Å². The Morgan fingerprint density at radius 2 is 1.93 bits per heavy atom. The van der Waals surface area contributed by atoms with E-state index in [1.165, 1.54) is 0 Å². The summed E-state index contributed by atoms with van der Waals surface area (Å²) >= 11 is 11.5. The van der Waals surface area contributed by atoms with Crippen molar-refractivity contribution >= 4 is 40.5 Å². The van der Waals surface area contributed by atoms with E-state index >= 15 is 0 Å². The molecule has 3 rings (SSSR count). The van der Waals surface area contributed by atoms with Crippen molar-refractivity contribution in [1.82, 2.24) is 10.6 Å². The third kappa shape index (κ3) is 4.40. The summed E-state index contributed by atoms with van der Waals surface area (Å²) in [4.78, 5) is 13.0. The molecule has 0 saturated heterocycles. The first-order valence-electron chi connectivity index (χ1n) is 8.56. The van der Waals surface area contributed by atoms with Crippen molar-refractivity contribution in [3.63, 3.8) is 0 Å². The van der Waals surface area contributed by atoms with Crippen molar-refractivity contribution < 1.29 is 9.53 Å². The molecule has 1 heterocycles. The highest BCUT2D eigenvalue weighted by Crippen LogP contribution is 2.30. The van der Waals surface area contributed by atoms with Gasteiger partial charge in [-0.1, -0.05) is 35.9 Å². The molecule has 0 saturated carbocycles. The summed E-state index contributed by atoms with van der Waals surface area (Å²) in [5, 5.41) is 10.0. The van der Waals surface area contributed by atoms with E-state index in [0.717, 1.165) is 11.3 Å². The number of anilines is 1. The highest BCUT2D eigenvalue weighted by Gasteiger charge is 2.30. The summed E-state index contributed by atoms with van der Waals surface area (Å²) in [6.07, 6.45) is 0. The lowest BCUT2D eigenvalue weighted by Crippen LogP contribution is -2.45. The zero-order valence-corrected chi connectivity index (χ0v) is 16.6. The molecule has 27 heavy (non-hydrogen) atoms. The molecular weight excluding hydrogens is 382 g/mol. The summed E-state index contributed by atoms with van der Waals surface area (Å²) in [6.45, 7) is 4.36. The Morgan fingerprint density at radius 3 is 2.59 bits per heavy atom. The molecule has 140 valence electrons. The van der Waals surface area contributed by atoms with Crippen LogP contribution in [0.1, 0.15) is 25.5 Å². The zero-order valence-electron chi connectivity index (χ0n) is 15.0. The molecule has 1 amide bonds. The molecule has 7 heteroatoms. The number of nitrogens with one attached hydrogen (secondary N) is 3. The van der Waals surface area contributed by atoms with E-state index in [-0.39, 0.29) is 11.9 Å². The fourth-order valence-corrected chi connectivity index (χ4v) is 3.37. The van der Waals surface area contributed by atoms with Gasteiger partial charge in [0.05, 0.1) is 28.9 Å². The van der Waals surface area contributed by atoms with E-state index in [0.29, 0.717) is 33.7 Å². The Balaban J connectivity index is 1.91. The molecule has 0 bridgehead atoms. The number of rotatable bonds is 5. The van der Waals surface area contributed by atoms with Crippen molar-refractivity contribution in [2.45, 2.75) is 19.9 Å². The Morgan fingerprint density at radius 1 is 1.22 bits per heavy atom. The smallest absolute Gasteiger partial charge is 0.255 e. The molecule has 1 atom stereocenters. The molecular formula is C20H20ClN3O2S. The predicted octanol–water partition coefficient (Wildman–Crippen LogP) is 4.17. The molecule has 0 unspecified atom stereocenters. The summed E-state index contributed by atoms with van der Waals surface area (Å²) in [6, 6.07) is 14.4. The topological polar surface area (TPSA) is 62.4 Å². The molecule has 1 aliphatic heterocycles. The van der Waals surface area contributed by atoms with Crippen LogP contribution in [0.15, 0.2) is 59.8 Å². The maximum Gasteiger partial charge on any atom is 0.255 e. The van der Waals surface area contributed by atoms with Gasteiger partial charge in [-0.2, -0.15) is 0 Å². The highest BCUT2D eigenvalue weighted by molar-refractivity contribution is 7.80. The Hall–Kier alpha value is -2.57. The minimum atomic E-state index is -0.378. The number of hydrogen-bond acceptors (Lipinski definition) is 3. The fraction of sp³-hybridized carbons (Fsp3) is 0.200. The van der Waals surface area contributed by atoms with Gasteiger partial charge in [0, 0.05) is 5.70 Å². The first kappa shape index (κ1) is 19.2. The first-order chi connectivity index (χ1) is 13.0. The number of para-hydroxylation sites is 1. The number of halogens is 1. The number of ether oxygens (including phenoxy) is 1. The minimum Gasteiger partial charge on any atom is -0.494 e. The first-order valence-corrected chi connectivity index (χ1v) is 9.35. The monoisotopic (exact) mass is 401 g/mol. The Bertz CT molecular complexity index is 896. The van der Waals surface area contributed by atoms with Crippen LogP contribution in [0.5, 0.6) is 5.75 Å². The van der Waals surface area contributed by atoms with Crippen molar-refractivity contribution in [3.8, 4) is 5.75 Å². The van der Waals surface area contributed by atoms with Crippen molar-refractivity contribution in [3.05, 3.63) is 70.4 Å². The SMILES string of the molecule is CCOc1ccc([C@H]2NC(=S)NC(C)=C2C(=O)Nc2ccccc2Cl)cc1. The number of benzene rings is 2. The number of amides is 1. The van der Waals surface area contributed by atoms with Crippen LogP contribution in [-0.4, -0.2) is 17.6 Å². The van der Waals surface area contributed by atoms with Gasteiger partial charge in [0.2, 0.25) is 0 Å². The third-order valence-electron chi connectivity index (χ3n) is 4.16. The average molecular weight is 402 g/mol. The van der Waals surface area contributed by atoms with Crippen LogP contribution in [0.3, 0.4) is 0 Å². The Kier molecular flexibility index (Phi) is 5.98. The largest absolute Gasteiger partial charge is 0.494 e. The lowest BCUT2D eigenvalue weighted by molar-refractivity contribution is -0.113. The normalized spacial score (nSPS) is 16.4. The van der Waals surface area contributed by atoms with Crippen LogP contribution < -0.4 is 20.7 Å². The van der Waals surface area contributed by atoms with Crippen LogP contribution >= 0.6 is 23.8 Å². The van der Waals surface area contributed by atoms with Gasteiger partial charge in [-0.25, -0.2) is 0 Å². The summed E-state index contributed by atoms with van der Waals surface area (Å²) < 4.78 is 5.49. The molecule has 0 aromatic heterocycles. The summed E-state index contributed by atoms with van der Waals surface area (Å²) in [5.74, 6) is 0.530. The lowest BCUT2D eigenvalue weighted by atomic mass is 9.95. The van der Waals surface area contributed by atoms with Gasteiger partial charge in [0.25, 0.3) is 5.91 Å². The van der Waals surface area contributed by atoms with Gasteiger partial charge in [0.15, 0.2) is 5.11 Å². The minimum absolute atomic E-state index is 0.248. The molecule has 2 aromatic rings. The van der Waals surface area contributed by atoms with E-state index in [1.807, 2.05) is 50.2 Å². The van der Waals surface area contributed by atoms with E-state index in [4.69, 9.17) is 28.6 Å². The molecule has 2 aromatic carbocycles.